The number of fused-ring (bicyclic) bond motifs is 1. The zero-order valence-electron chi connectivity index (χ0n) is 21.2. The third kappa shape index (κ3) is 10.9. The first-order valence-corrected chi connectivity index (χ1v) is 14.8. The minimum absolute atomic E-state index is 0.265. The summed E-state index contributed by atoms with van der Waals surface area (Å²) < 4.78 is 37.1. The first kappa shape index (κ1) is 29.6. The molecule has 0 heterocycles. The fraction of sp³-hybridized carbons (Fsp3) is 0.875. The molecular formula is C24H42N3O5P2+. The number of rotatable bonds is 18. The van der Waals surface area contributed by atoms with Crippen LogP contribution in [-0.4, -0.2) is 56.3 Å². The van der Waals surface area contributed by atoms with Gasteiger partial charge in [0.2, 0.25) is 0 Å². The van der Waals surface area contributed by atoms with Gasteiger partial charge in [0, 0.05) is 24.9 Å². The average molecular weight is 515 g/mol. The monoisotopic (exact) mass is 514 g/mol. The Bertz CT molecular complexity index is 681. The molecule has 2 aliphatic rings. The van der Waals surface area contributed by atoms with Crippen molar-refractivity contribution in [3.05, 3.63) is 0 Å². The van der Waals surface area contributed by atoms with E-state index in [4.69, 9.17) is 23.6 Å². The summed E-state index contributed by atoms with van der Waals surface area (Å²) >= 11 is 0. The van der Waals surface area contributed by atoms with E-state index in [0.717, 1.165) is 31.1 Å². The van der Waals surface area contributed by atoms with Crippen LogP contribution >= 0.6 is 16.7 Å². The summed E-state index contributed by atoms with van der Waals surface area (Å²) in [4.78, 5) is 0. The van der Waals surface area contributed by atoms with Crippen molar-refractivity contribution in [2.75, 3.05) is 39.6 Å². The molecule has 0 aromatic carbocycles. The zero-order chi connectivity index (χ0) is 24.8. The van der Waals surface area contributed by atoms with E-state index in [1.165, 1.54) is 12.8 Å². The van der Waals surface area contributed by atoms with Crippen molar-refractivity contribution in [3.63, 3.8) is 0 Å². The van der Waals surface area contributed by atoms with E-state index >= 15 is 0 Å². The van der Waals surface area contributed by atoms with E-state index in [2.05, 4.69) is 55.4 Å². The SMILES string of the molecule is CC(C)N(C(C)C)P(OCCC#N)OCCOCCN[P+](=O)OCCC1[C@H]2CCC#CCC[C@@H]12. The van der Waals surface area contributed by atoms with Gasteiger partial charge in [-0.2, -0.15) is 5.26 Å². The van der Waals surface area contributed by atoms with E-state index in [1.807, 2.05) is 0 Å². The smallest absolute Gasteiger partial charge is 0.378 e. The highest BCUT2D eigenvalue weighted by Gasteiger charge is 2.48. The highest BCUT2D eigenvalue weighted by atomic mass is 31.2. The van der Waals surface area contributed by atoms with Gasteiger partial charge in [0.1, 0.15) is 6.61 Å². The van der Waals surface area contributed by atoms with Gasteiger partial charge in [-0.15, -0.1) is 16.4 Å². The molecule has 1 N–H and O–H groups in total. The second-order valence-corrected chi connectivity index (χ2v) is 11.7. The van der Waals surface area contributed by atoms with Crippen molar-refractivity contribution >= 4 is 16.7 Å². The summed E-state index contributed by atoms with van der Waals surface area (Å²) in [6.45, 7) is 11.0. The molecule has 34 heavy (non-hydrogen) atoms. The molecule has 0 aliphatic heterocycles. The molecule has 0 spiro atoms. The van der Waals surface area contributed by atoms with E-state index < -0.39 is 16.7 Å². The van der Waals surface area contributed by atoms with Crippen molar-refractivity contribution in [1.82, 2.24) is 9.76 Å². The molecule has 0 amide bonds. The van der Waals surface area contributed by atoms with E-state index in [9.17, 15) is 4.57 Å². The van der Waals surface area contributed by atoms with Crippen LogP contribution in [0.25, 0.3) is 0 Å². The third-order valence-corrected chi connectivity index (χ3v) is 9.08. The number of nitrogens with zero attached hydrogens (tertiary/aromatic N) is 2. The molecule has 0 radical (unpaired) electrons. The molecule has 3 unspecified atom stereocenters. The summed E-state index contributed by atoms with van der Waals surface area (Å²) in [7, 11) is -3.12. The van der Waals surface area contributed by atoms with Crippen LogP contribution in [0.5, 0.6) is 0 Å². The lowest BCUT2D eigenvalue weighted by Gasteiger charge is -2.35. The van der Waals surface area contributed by atoms with Crippen molar-refractivity contribution in [3.8, 4) is 17.9 Å². The minimum Gasteiger partial charge on any atom is -0.378 e. The second-order valence-electron chi connectivity index (χ2n) is 9.20. The van der Waals surface area contributed by atoms with Crippen LogP contribution in [0.3, 0.4) is 0 Å². The molecule has 10 heteroatoms. The first-order valence-electron chi connectivity index (χ1n) is 12.5. The van der Waals surface area contributed by atoms with Gasteiger partial charge in [0.15, 0.2) is 0 Å². The van der Waals surface area contributed by atoms with Gasteiger partial charge in [-0.05, 0) is 69.3 Å². The second kappa shape index (κ2) is 16.9. The Morgan fingerprint density at radius 1 is 1.03 bits per heavy atom. The van der Waals surface area contributed by atoms with Crippen molar-refractivity contribution in [2.45, 2.75) is 78.3 Å². The Hall–Kier alpha value is -0.660. The first-order chi connectivity index (χ1) is 16.5. The maximum absolute atomic E-state index is 12.0. The van der Waals surface area contributed by atoms with Crippen LogP contribution in [-0.2, 0) is 22.9 Å². The maximum Gasteiger partial charge on any atom is 0.613 e. The normalized spacial score (nSPS) is 23.0. The van der Waals surface area contributed by atoms with Crippen LogP contribution < -0.4 is 5.09 Å². The Balaban J connectivity index is 1.51. The van der Waals surface area contributed by atoms with Crippen LogP contribution in [0.4, 0.5) is 0 Å². The predicted molar refractivity (Wildman–Crippen MR) is 135 cm³/mol. The van der Waals surface area contributed by atoms with E-state index in [0.29, 0.717) is 51.9 Å². The highest BCUT2D eigenvalue weighted by molar-refractivity contribution is 7.44. The molecule has 0 saturated heterocycles. The molecule has 0 bridgehead atoms. The maximum atomic E-state index is 12.0. The van der Waals surface area contributed by atoms with Crippen molar-refractivity contribution in [2.24, 2.45) is 17.8 Å². The lowest BCUT2D eigenvalue weighted by molar-refractivity contribution is 0.0908. The summed E-state index contributed by atoms with van der Waals surface area (Å²) in [5.74, 6) is 8.77. The van der Waals surface area contributed by atoms with Crippen LogP contribution in [0.1, 0.15) is 66.2 Å². The largest absolute Gasteiger partial charge is 0.613 e. The average Bonchev–Trinajstić information content (AvgIpc) is 3.41. The molecule has 8 nitrogen and oxygen atoms in total. The van der Waals surface area contributed by atoms with Crippen molar-refractivity contribution in [1.29, 1.82) is 5.26 Å². The number of nitrogens with one attached hydrogen (secondary N) is 1. The predicted octanol–water partition coefficient (Wildman–Crippen LogP) is 5.39. The number of hydrogen-bond acceptors (Lipinski definition) is 7. The van der Waals surface area contributed by atoms with Gasteiger partial charge in [0.25, 0.3) is 8.53 Å². The summed E-state index contributed by atoms with van der Waals surface area (Å²) in [5, 5.41) is 11.7. The molecule has 5 atom stereocenters. The number of hydrogen-bond donors (Lipinski definition) is 1. The molecule has 2 rings (SSSR count). The molecule has 1 fully saturated rings. The van der Waals surface area contributed by atoms with Gasteiger partial charge in [0.05, 0.1) is 45.5 Å². The highest BCUT2D eigenvalue weighted by Crippen LogP contribution is 2.54. The van der Waals surface area contributed by atoms with Crippen LogP contribution in [0.15, 0.2) is 0 Å². The summed E-state index contributed by atoms with van der Waals surface area (Å²) in [5.41, 5.74) is 0. The van der Waals surface area contributed by atoms with E-state index in [-0.39, 0.29) is 12.1 Å². The Morgan fingerprint density at radius 2 is 1.68 bits per heavy atom. The number of ether oxygens (including phenoxy) is 1. The lowest BCUT2D eigenvalue weighted by atomic mass is 10.1. The molecule has 1 saturated carbocycles. The van der Waals surface area contributed by atoms with Crippen LogP contribution in [0.2, 0.25) is 0 Å². The quantitative estimate of drug-likeness (QED) is 0.148. The van der Waals surface area contributed by atoms with Crippen LogP contribution in [0, 0.1) is 40.9 Å². The van der Waals surface area contributed by atoms with Gasteiger partial charge in [-0.25, -0.2) is 4.67 Å². The lowest BCUT2D eigenvalue weighted by Crippen LogP contribution is -2.34. The fourth-order valence-corrected chi connectivity index (χ4v) is 6.79. The zero-order valence-corrected chi connectivity index (χ0v) is 23.0. The Kier molecular flexibility index (Phi) is 14.7. The van der Waals surface area contributed by atoms with Gasteiger partial charge in [-0.1, -0.05) is 5.09 Å². The van der Waals surface area contributed by atoms with Gasteiger partial charge < -0.3 is 13.8 Å². The number of nitriles is 1. The van der Waals surface area contributed by atoms with Gasteiger partial charge in [-0.3, -0.25) is 0 Å². The van der Waals surface area contributed by atoms with E-state index in [1.54, 1.807) is 0 Å². The standard InChI is InChI=1S/C24H42N3O5P2/c1-20(2)27(21(3)4)34(31-15-9-13-25)32-19-18-29-17-14-26-33(28)30-16-12-24-22-10-7-5-6-8-11-23(22)24/h20-24H,7-12,14-19H2,1-4H3,(H,26,28)/q+1/t22-,23+,24?,34?. The molecular weight excluding hydrogens is 472 g/mol. The minimum atomic E-state index is -1.87. The topological polar surface area (TPSA) is 93.0 Å². The fourth-order valence-electron chi connectivity index (χ4n) is 4.58. The third-order valence-electron chi connectivity index (χ3n) is 6.08. The summed E-state index contributed by atoms with van der Waals surface area (Å²) in [6.07, 6.45) is 5.76. The molecule has 0 aromatic rings. The molecule has 2 aliphatic carbocycles. The Morgan fingerprint density at radius 3 is 2.29 bits per heavy atom. The summed E-state index contributed by atoms with van der Waals surface area (Å²) in [6, 6.07) is 2.63. The molecule has 192 valence electrons. The van der Waals surface area contributed by atoms with Crippen molar-refractivity contribution < 1.29 is 22.9 Å². The Labute approximate surface area is 208 Å². The van der Waals surface area contributed by atoms with Gasteiger partial charge >= 0.3 is 8.18 Å². The molecule has 0 aromatic heterocycles.